The first-order chi connectivity index (χ1) is 11.6. The third-order valence-corrected chi connectivity index (χ3v) is 3.79. The van der Waals surface area contributed by atoms with Crippen molar-refractivity contribution in [2.75, 3.05) is 7.11 Å². The third-order valence-electron chi connectivity index (χ3n) is 3.79. The highest BCUT2D eigenvalue weighted by molar-refractivity contribution is 5.43. The molecule has 0 N–H and O–H groups in total. The van der Waals surface area contributed by atoms with Crippen molar-refractivity contribution in [2.45, 2.75) is 13.5 Å². The van der Waals surface area contributed by atoms with Crippen molar-refractivity contribution in [2.24, 2.45) is 7.05 Å². The van der Waals surface area contributed by atoms with Crippen molar-refractivity contribution in [1.82, 2.24) is 14.3 Å². The number of para-hydroxylation sites is 2. The summed E-state index contributed by atoms with van der Waals surface area (Å²) >= 11 is 0. The molecule has 0 aliphatic rings. The molecule has 6 nitrogen and oxygen atoms in total. The lowest BCUT2D eigenvalue weighted by Crippen LogP contribution is -2.22. The van der Waals surface area contributed by atoms with Gasteiger partial charge in [-0.3, -0.25) is 0 Å². The zero-order valence-corrected chi connectivity index (χ0v) is 13.9. The summed E-state index contributed by atoms with van der Waals surface area (Å²) in [5.74, 6) is 0.817. The van der Waals surface area contributed by atoms with Crippen LogP contribution in [-0.2, 0) is 13.7 Å². The lowest BCUT2D eigenvalue weighted by Gasteiger charge is -2.13. The van der Waals surface area contributed by atoms with Gasteiger partial charge < -0.3 is 9.47 Å². The first-order valence-electron chi connectivity index (χ1n) is 7.58. The van der Waals surface area contributed by atoms with E-state index in [0.717, 1.165) is 16.9 Å². The van der Waals surface area contributed by atoms with Gasteiger partial charge in [0.1, 0.15) is 12.4 Å². The number of hydrogen-bond donors (Lipinski definition) is 0. The summed E-state index contributed by atoms with van der Waals surface area (Å²) in [5.41, 5.74) is 2.36. The Morgan fingerprint density at radius 3 is 2.54 bits per heavy atom. The van der Waals surface area contributed by atoms with Crippen LogP contribution in [0.5, 0.6) is 11.8 Å². The van der Waals surface area contributed by atoms with E-state index in [2.05, 4.69) is 5.10 Å². The molecule has 0 bridgehead atoms. The summed E-state index contributed by atoms with van der Waals surface area (Å²) in [6, 6.07) is 15.6. The van der Waals surface area contributed by atoms with Gasteiger partial charge in [-0.05, 0) is 24.6 Å². The van der Waals surface area contributed by atoms with Crippen molar-refractivity contribution < 1.29 is 9.47 Å². The maximum Gasteiger partial charge on any atom is 0.353 e. The number of ether oxygens (including phenoxy) is 2. The predicted octanol–water partition coefficient (Wildman–Crippen LogP) is 2.47. The fourth-order valence-corrected chi connectivity index (χ4v) is 2.51. The molecule has 0 aliphatic carbocycles. The monoisotopic (exact) mass is 325 g/mol. The van der Waals surface area contributed by atoms with Gasteiger partial charge >= 0.3 is 11.7 Å². The normalized spacial score (nSPS) is 10.6. The van der Waals surface area contributed by atoms with Gasteiger partial charge in [-0.1, -0.05) is 36.4 Å². The molecule has 0 fully saturated rings. The summed E-state index contributed by atoms with van der Waals surface area (Å²) in [4.78, 5) is 12.4. The number of methoxy groups -OCH3 is 1. The van der Waals surface area contributed by atoms with Gasteiger partial charge in [0.05, 0.1) is 12.8 Å². The Kier molecular flexibility index (Phi) is 4.37. The number of aryl methyl sites for hydroxylation is 2. The largest absolute Gasteiger partial charge is 0.489 e. The summed E-state index contributed by atoms with van der Waals surface area (Å²) in [5, 5.41) is 4.08. The van der Waals surface area contributed by atoms with Gasteiger partial charge in [0.15, 0.2) is 0 Å². The van der Waals surface area contributed by atoms with Crippen LogP contribution in [0.4, 0.5) is 0 Å². The standard InChI is InChI=1S/C18H19N3O3/c1-13-8-4-7-11-16(13)24-12-14-9-5-6-10-15(14)21-17(23-3)19-20(2)18(21)22/h4-11H,12H2,1-3H3. The minimum atomic E-state index is -0.268. The molecule has 1 heterocycles. The van der Waals surface area contributed by atoms with Crippen LogP contribution in [0.25, 0.3) is 5.69 Å². The first kappa shape index (κ1) is 15.9. The average molecular weight is 325 g/mol. The van der Waals surface area contributed by atoms with E-state index >= 15 is 0 Å². The molecule has 0 spiro atoms. The highest BCUT2D eigenvalue weighted by Crippen LogP contribution is 2.22. The lowest BCUT2D eigenvalue weighted by molar-refractivity contribution is 0.303. The molecule has 0 amide bonds. The van der Waals surface area contributed by atoms with Crippen LogP contribution in [0.1, 0.15) is 11.1 Å². The van der Waals surface area contributed by atoms with E-state index in [1.807, 2.05) is 55.5 Å². The lowest BCUT2D eigenvalue weighted by atomic mass is 10.2. The Hall–Kier alpha value is -3.02. The average Bonchev–Trinajstić information content (AvgIpc) is 2.89. The molecule has 0 aliphatic heterocycles. The van der Waals surface area contributed by atoms with E-state index in [1.165, 1.54) is 16.4 Å². The summed E-state index contributed by atoms with van der Waals surface area (Å²) in [6.07, 6.45) is 0. The van der Waals surface area contributed by atoms with E-state index in [1.54, 1.807) is 7.05 Å². The van der Waals surface area contributed by atoms with Gasteiger partial charge in [0.25, 0.3) is 0 Å². The third kappa shape index (κ3) is 2.90. The van der Waals surface area contributed by atoms with Crippen molar-refractivity contribution in [3.8, 4) is 17.4 Å². The van der Waals surface area contributed by atoms with E-state index in [0.29, 0.717) is 12.3 Å². The number of hydrogen-bond acceptors (Lipinski definition) is 4. The number of benzene rings is 2. The maximum absolute atomic E-state index is 12.4. The molecule has 3 aromatic rings. The van der Waals surface area contributed by atoms with Crippen LogP contribution in [0.3, 0.4) is 0 Å². The van der Waals surface area contributed by atoms with Crippen LogP contribution in [0.15, 0.2) is 53.3 Å². The van der Waals surface area contributed by atoms with Crippen LogP contribution < -0.4 is 15.2 Å². The first-order valence-corrected chi connectivity index (χ1v) is 7.58. The van der Waals surface area contributed by atoms with E-state index in [4.69, 9.17) is 9.47 Å². The zero-order valence-electron chi connectivity index (χ0n) is 13.9. The molecule has 1 aromatic heterocycles. The molecule has 0 atom stereocenters. The fraction of sp³-hybridized carbons (Fsp3) is 0.222. The number of aromatic nitrogens is 3. The van der Waals surface area contributed by atoms with Crippen molar-refractivity contribution >= 4 is 0 Å². The zero-order chi connectivity index (χ0) is 17.1. The maximum atomic E-state index is 12.4. The Morgan fingerprint density at radius 1 is 1.08 bits per heavy atom. The van der Waals surface area contributed by atoms with Crippen LogP contribution >= 0.6 is 0 Å². The minimum Gasteiger partial charge on any atom is -0.489 e. The number of rotatable bonds is 5. The van der Waals surface area contributed by atoms with Crippen molar-refractivity contribution in [1.29, 1.82) is 0 Å². The molecule has 6 heteroatoms. The topological polar surface area (TPSA) is 58.3 Å². The summed E-state index contributed by atoms with van der Waals surface area (Å²) in [7, 11) is 3.08. The van der Waals surface area contributed by atoms with E-state index in [-0.39, 0.29) is 11.7 Å². The molecular weight excluding hydrogens is 306 g/mol. The van der Waals surface area contributed by atoms with Gasteiger partial charge in [-0.25, -0.2) is 14.0 Å². The van der Waals surface area contributed by atoms with E-state index < -0.39 is 0 Å². The summed E-state index contributed by atoms with van der Waals surface area (Å²) < 4.78 is 13.8. The van der Waals surface area contributed by atoms with Gasteiger partial charge in [-0.2, -0.15) is 0 Å². The molecule has 0 radical (unpaired) electrons. The number of nitrogens with zero attached hydrogens (tertiary/aromatic N) is 3. The van der Waals surface area contributed by atoms with Crippen LogP contribution in [0, 0.1) is 6.92 Å². The second kappa shape index (κ2) is 6.62. The SMILES string of the molecule is COc1nn(C)c(=O)n1-c1ccccc1COc1ccccc1C. The molecule has 0 saturated carbocycles. The molecule has 124 valence electrons. The molecule has 3 rings (SSSR count). The highest BCUT2D eigenvalue weighted by atomic mass is 16.5. The van der Waals surface area contributed by atoms with E-state index in [9.17, 15) is 4.79 Å². The van der Waals surface area contributed by atoms with Crippen molar-refractivity contribution in [3.63, 3.8) is 0 Å². The molecule has 24 heavy (non-hydrogen) atoms. The minimum absolute atomic E-state index is 0.242. The fourth-order valence-electron chi connectivity index (χ4n) is 2.51. The van der Waals surface area contributed by atoms with Gasteiger partial charge in [-0.15, -0.1) is 5.10 Å². The molecule has 0 saturated heterocycles. The quantitative estimate of drug-likeness (QED) is 0.723. The summed E-state index contributed by atoms with van der Waals surface area (Å²) in [6.45, 7) is 2.33. The predicted molar refractivity (Wildman–Crippen MR) is 90.9 cm³/mol. The van der Waals surface area contributed by atoms with Gasteiger partial charge in [0.2, 0.25) is 0 Å². The van der Waals surface area contributed by atoms with Crippen LogP contribution in [-0.4, -0.2) is 21.5 Å². The smallest absolute Gasteiger partial charge is 0.353 e. The highest BCUT2D eigenvalue weighted by Gasteiger charge is 2.16. The Morgan fingerprint density at radius 2 is 1.79 bits per heavy atom. The Bertz CT molecular complexity index is 912. The van der Waals surface area contributed by atoms with Crippen molar-refractivity contribution in [3.05, 3.63) is 70.1 Å². The second-order valence-corrected chi connectivity index (χ2v) is 5.41. The second-order valence-electron chi connectivity index (χ2n) is 5.41. The Labute approximate surface area is 139 Å². The van der Waals surface area contributed by atoms with Crippen LogP contribution in [0.2, 0.25) is 0 Å². The Balaban J connectivity index is 1.98. The molecular formula is C18H19N3O3. The molecule has 0 unspecified atom stereocenters. The van der Waals surface area contributed by atoms with Gasteiger partial charge in [0, 0.05) is 12.6 Å². The molecule has 2 aromatic carbocycles.